The van der Waals surface area contributed by atoms with E-state index in [0.29, 0.717) is 5.69 Å². The summed E-state index contributed by atoms with van der Waals surface area (Å²) in [5.41, 5.74) is 2.55. The predicted molar refractivity (Wildman–Crippen MR) is 93.8 cm³/mol. The van der Waals surface area contributed by atoms with Crippen LogP contribution in [0.1, 0.15) is 0 Å². The van der Waals surface area contributed by atoms with Crippen LogP contribution >= 0.6 is 11.3 Å². The van der Waals surface area contributed by atoms with Crippen LogP contribution in [-0.4, -0.2) is 41.2 Å². The van der Waals surface area contributed by atoms with Gasteiger partial charge >= 0.3 is 6.03 Å². The van der Waals surface area contributed by atoms with Crippen LogP contribution < -0.4 is 5.32 Å². The van der Waals surface area contributed by atoms with Crippen molar-refractivity contribution >= 4 is 33.3 Å². The van der Waals surface area contributed by atoms with Gasteiger partial charge in [0, 0.05) is 19.2 Å². The minimum atomic E-state index is -0.257. The Morgan fingerprint density at radius 3 is 2.74 bits per heavy atom. The maximum Gasteiger partial charge on any atom is 0.321 e. The van der Waals surface area contributed by atoms with E-state index in [1.165, 1.54) is 4.90 Å². The molecule has 2 aromatic carbocycles. The maximum absolute atomic E-state index is 12.1. The molecule has 0 bridgehead atoms. The third kappa shape index (κ3) is 3.33. The molecule has 0 saturated carbocycles. The second-order valence-corrected chi connectivity index (χ2v) is 6.14. The Hall–Kier alpha value is -2.44. The van der Waals surface area contributed by atoms with Crippen LogP contribution in [0.25, 0.3) is 20.8 Å². The number of nitrogens with zero attached hydrogens (tertiary/aromatic N) is 2. The number of amides is 2. The van der Waals surface area contributed by atoms with Crippen LogP contribution in [0, 0.1) is 0 Å². The summed E-state index contributed by atoms with van der Waals surface area (Å²) >= 11 is 1.59. The van der Waals surface area contributed by atoms with Gasteiger partial charge in [-0.15, -0.1) is 11.3 Å². The normalized spacial score (nSPS) is 10.7. The molecule has 0 fully saturated rings. The van der Waals surface area contributed by atoms with Crippen molar-refractivity contribution in [1.82, 2.24) is 9.88 Å². The lowest BCUT2D eigenvalue weighted by Crippen LogP contribution is -2.33. The third-order valence-electron chi connectivity index (χ3n) is 3.48. The first-order valence-electron chi connectivity index (χ1n) is 7.27. The predicted octanol–water partition coefficient (Wildman–Crippen LogP) is 3.42. The number of aliphatic hydroxyl groups is 1. The topological polar surface area (TPSA) is 65.5 Å². The minimum Gasteiger partial charge on any atom is -0.395 e. The lowest BCUT2D eigenvalue weighted by atomic mass is 10.2. The van der Waals surface area contributed by atoms with Crippen molar-refractivity contribution in [3.8, 4) is 10.6 Å². The number of hydrogen-bond donors (Lipinski definition) is 2. The molecule has 2 N–H and O–H groups in total. The zero-order valence-corrected chi connectivity index (χ0v) is 13.5. The van der Waals surface area contributed by atoms with Gasteiger partial charge in [-0.1, -0.05) is 24.3 Å². The largest absolute Gasteiger partial charge is 0.395 e. The summed E-state index contributed by atoms with van der Waals surface area (Å²) < 4.78 is 1.11. The molecule has 1 aromatic heterocycles. The molecular weight excluding hydrogens is 310 g/mol. The first-order valence-corrected chi connectivity index (χ1v) is 8.08. The van der Waals surface area contributed by atoms with E-state index in [1.807, 2.05) is 48.5 Å². The summed E-state index contributed by atoms with van der Waals surface area (Å²) in [6, 6.07) is 15.3. The lowest BCUT2D eigenvalue weighted by molar-refractivity contribution is 0.202. The highest BCUT2D eigenvalue weighted by molar-refractivity contribution is 7.21. The monoisotopic (exact) mass is 327 g/mol. The Labute approximate surface area is 138 Å². The molecule has 3 aromatic rings. The molecule has 5 nitrogen and oxygen atoms in total. The lowest BCUT2D eigenvalue weighted by Gasteiger charge is -2.17. The Morgan fingerprint density at radius 2 is 1.96 bits per heavy atom. The van der Waals surface area contributed by atoms with E-state index in [-0.39, 0.29) is 19.2 Å². The van der Waals surface area contributed by atoms with E-state index >= 15 is 0 Å². The number of rotatable bonds is 4. The van der Waals surface area contributed by atoms with Crippen molar-refractivity contribution in [2.45, 2.75) is 0 Å². The van der Waals surface area contributed by atoms with Crippen LogP contribution in [0.15, 0.2) is 48.5 Å². The summed E-state index contributed by atoms with van der Waals surface area (Å²) in [6.07, 6.45) is 0. The number of para-hydroxylation sites is 2. The molecular formula is C17H17N3O2S. The smallest absolute Gasteiger partial charge is 0.321 e. The molecule has 0 unspecified atom stereocenters. The quantitative estimate of drug-likeness (QED) is 0.771. The van der Waals surface area contributed by atoms with Crippen LogP contribution in [0.2, 0.25) is 0 Å². The molecule has 1 heterocycles. The number of fused-ring (bicyclic) bond motifs is 1. The molecule has 0 aliphatic carbocycles. The van der Waals surface area contributed by atoms with Crippen LogP contribution in [0.3, 0.4) is 0 Å². The summed E-state index contributed by atoms with van der Waals surface area (Å²) in [5.74, 6) is 0. The number of thiazole rings is 1. The van der Waals surface area contributed by atoms with E-state index in [2.05, 4.69) is 10.3 Å². The van der Waals surface area contributed by atoms with E-state index in [1.54, 1.807) is 18.4 Å². The van der Waals surface area contributed by atoms with Crippen LogP contribution in [0.4, 0.5) is 10.5 Å². The van der Waals surface area contributed by atoms with Crippen molar-refractivity contribution < 1.29 is 9.90 Å². The number of nitrogens with one attached hydrogen (secondary N) is 1. The SMILES string of the molecule is CN(CCO)C(=O)Nc1ccccc1-c1nc2ccccc2s1. The Balaban J connectivity index is 1.93. The number of aromatic nitrogens is 1. The zero-order valence-electron chi connectivity index (χ0n) is 12.7. The Kier molecular flexibility index (Phi) is 4.55. The number of urea groups is 1. The molecule has 6 heteroatoms. The van der Waals surface area contributed by atoms with E-state index in [9.17, 15) is 4.79 Å². The number of carbonyl (C=O) groups is 1. The molecule has 118 valence electrons. The van der Waals surface area contributed by atoms with Gasteiger partial charge in [-0.25, -0.2) is 9.78 Å². The van der Waals surface area contributed by atoms with Gasteiger partial charge in [-0.2, -0.15) is 0 Å². The number of anilines is 1. The van der Waals surface area contributed by atoms with Crippen LogP contribution in [-0.2, 0) is 0 Å². The van der Waals surface area contributed by atoms with Gasteiger partial charge in [0.05, 0.1) is 22.5 Å². The Bertz CT molecular complexity index is 798. The van der Waals surface area contributed by atoms with Crippen molar-refractivity contribution in [2.24, 2.45) is 0 Å². The van der Waals surface area contributed by atoms with Crippen LogP contribution in [0.5, 0.6) is 0 Å². The molecule has 0 aliphatic rings. The fraction of sp³-hybridized carbons (Fsp3) is 0.176. The average molecular weight is 327 g/mol. The molecule has 0 spiro atoms. The fourth-order valence-corrected chi connectivity index (χ4v) is 3.23. The van der Waals surface area contributed by atoms with Gasteiger partial charge in [-0.3, -0.25) is 0 Å². The van der Waals surface area contributed by atoms with Gasteiger partial charge < -0.3 is 15.3 Å². The van der Waals surface area contributed by atoms with E-state index in [0.717, 1.165) is 20.8 Å². The van der Waals surface area contributed by atoms with Gasteiger partial charge in [0.1, 0.15) is 5.01 Å². The number of carbonyl (C=O) groups excluding carboxylic acids is 1. The first kappa shape index (κ1) is 15.5. The number of aliphatic hydroxyl groups excluding tert-OH is 1. The standard InChI is InChI=1S/C17H17N3O2S/c1-20(10-11-21)17(22)19-13-7-3-2-6-12(13)16-18-14-8-4-5-9-15(14)23-16/h2-9,21H,10-11H2,1H3,(H,19,22). The fourth-order valence-electron chi connectivity index (χ4n) is 2.23. The zero-order chi connectivity index (χ0) is 16.2. The van der Waals surface area contributed by atoms with Crippen molar-refractivity contribution in [2.75, 3.05) is 25.5 Å². The molecule has 3 rings (SSSR count). The number of likely N-dealkylation sites (N-methyl/N-ethyl adjacent to an activating group) is 1. The minimum absolute atomic E-state index is 0.0660. The van der Waals surface area contributed by atoms with Gasteiger partial charge in [0.25, 0.3) is 0 Å². The van der Waals surface area contributed by atoms with Crippen molar-refractivity contribution in [3.63, 3.8) is 0 Å². The summed E-state index contributed by atoms with van der Waals surface area (Å²) in [4.78, 5) is 18.2. The number of hydrogen-bond acceptors (Lipinski definition) is 4. The first-order chi connectivity index (χ1) is 11.2. The second kappa shape index (κ2) is 6.76. The van der Waals surface area contributed by atoms with Gasteiger partial charge in [-0.05, 0) is 24.3 Å². The summed E-state index contributed by atoms with van der Waals surface area (Å²) in [5, 5.41) is 12.7. The molecule has 0 saturated heterocycles. The van der Waals surface area contributed by atoms with Gasteiger partial charge in [0.15, 0.2) is 0 Å². The highest BCUT2D eigenvalue weighted by Gasteiger charge is 2.14. The summed E-state index contributed by atoms with van der Waals surface area (Å²) in [7, 11) is 1.64. The van der Waals surface area contributed by atoms with E-state index in [4.69, 9.17) is 5.11 Å². The molecule has 23 heavy (non-hydrogen) atoms. The van der Waals surface area contributed by atoms with Gasteiger partial charge in [0.2, 0.25) is 0 Å². The summed E-state index contributed by atoms with van der Waals surface area (Å²) in [6.45, 7) is 0.221. The van der Waals surface area contributed by atoms with Crippen molar-refractivity contribution in [3.05, 3.63) is 48.5 Å². The average Bonchev–Trinajstić information content (AvgIpc) is 2.99. The molecule has 0 aliphatic heterocycles. The highest BCUT2D eigenvalue weighted by atomic mass is 32.1. The highest BCUT2D eigenvalue weighted by Crippen LogP contribution is 2.34. The Morgan fingerprint density at radius 1 is 1.22 bits per heavy atom. The maximum atomic E-state index is 12.1. The third-order valence-corrected chi connectivity index (χ3v) is 4.54. The van der Waals surface area contributed by atoms with Crippen molar-refractivity contribution in [1.29, 1.82) is 0 Å². The second-order valence-electron chi connectivity index (χ2n) is 5.11. The molecule has 2 amide bonds. The van der Waals surface area contributed by atoms with E-state index < -0.39 is 0 Å². The number of benzene rings is 2. The molecule has 0 atom stereocenters. The molecule has 0 radical (unpaired) electrons.